The van der Waals surface area contributed by atoms with Gasteiger partial charge in [-0.3, -0.25) is 0 Å². The van der Waals surface area contributed by atoms with Crippen LogP contribution in [0, 0.1) is 0 Å². The SMILES string of the molecule is NC1CCC(NCCCS(N)(=O)=O)CC1. The van der Waals surface area contributed by atoms with E-state index in [0.29, 0.717) is 18.5 Å². The Labute approximate surface area is 91.6 Å². The minimum atomic E-state index is -3.30. The molecule has 0 atom stereocenters. The molecular weight excluding hydrogens is 214 g/mol. The van der Waals surface area contributed by atoms with Gasteiger partial charge in [-0.15, -0.1) is 0 Å². The maximum absolute atomic E-state index is 10.7. The molecule has 0 unspecified atom stereocenters. The van der Waals surface area contributed by atoms with Gasteiger partial charge in [-0.05, 0) is 38.6 Å². The van der Waals surface area contributed by atoms with Gasteiger partial charge < -0.3 is 11.1 Å². The van der Waals surface area contributed by atoms with Gasteiger partial charge >= 0.3 is 0 Å². The van der Waals surface area contributed by atoms with Crippen LogP contribution in [0.4, 0.5) is 0 Å². The maximum Gasteiger partial charge on any atom is 0.209 e. The van der Waals surface area contributed by atoms with E-state index in [1.807, 2.05) is 0 Å². The third-order valence-corrected chi connectivity index (χ3v) is 3.67. The number of nitrogens with two attached hydrogens (primary N) is 2. The summed E-state index contributed by atoms with van der Waals surface area (Å²) in [5.41, 5.74) is 5.79. The minimum Gasteiger partial charge on any atom is -0.328 e. The van der Waals surface area contributed by atoms with Gasteiger partial charge in [-0.1, -0.05) is 0 Å². The Morgan fingerprint density at radius 2 is 1.80 bits per heavy atom. The van der Waals surface area contributed by atoms with Crippen LogP contribution in [0.1, 0.15) is 32.1 Å². The Kier molecular flexibility index (Phi) is 4.98. The fourth-order valence-corrected chi connectivity index (χ4v) is 2.45. The lowest BCUT2D eigenvalue weighted by Gasteiger charge is -2.26. The molecule has 0 spiro atoms. The van der Waals surface area contributed by atoms with E-state index in [4.69, 9.17) is 10.9 Å². The third-order valence-electron chi connectivity index (χ3n) is 2.81. The normalized spacial score (nSPS) is 27.9. The van der Waals surface area contributed by atoms with Crippen molar-refractivity contribution in [2.24, 2.45) is 10.9 Å². The molecule has 0 aliphatic heterocycles. The third kappa shape index (κ3) is 6.09. The molecule has 1 rings (SSSR count). The highest BCUT2D eigenvalue weighted by Crippen LogP contribution is 2.16. The average Bonchev–Trinajstić information content (AvgIpc) is 2.14. The van der Waals surface area contributed by atoms with Gasteiger partial charge in [0.15, 0.2) is 0 Å². The number of hydrogen-bond acceptors (Lipinski definition) is 4. The molecule has 0 heterocycles. The zero-order chi connectivity index (χ0) is 11.3. The summed E-state index contributed by atoms with van der Waals surface area (Å²) in [4.78, 5) is 0. The van der Waals surface area contributed by atoms with Crippen molar-refractivity contribution < 1.29 is 8.42 Å². The van der Waals surface area contributed by atoms with Crippen molar-refractivity contribution in [2.45, 2.75) is 44.2 Å². The van der Waals surface area contributed by atoms with Crippen molar-refractivity contribution >= 4 is 10.0 Å². The monoisotopic (exact) mass is 235 g/mol. The molecule has 90 valence electrons. The van der Waals surface area contributed by atoms with E-state index in [0.717, 1.165) is 32.2 Å². The molecule has 15 heavy (non-hydrogen) atoms. The Morgan fingerprint density at radius 1 is 1.20 bits per heavy atom. The van der Waals surface area contributed by atoms with Crippen LogP contribution >= 0.6 is 0 Å². The maximum atomic E-state index is 10.7. The Morgan fingerprint density at radius 3 is 2.33 bits per heavy atom. The predicted octanol–water partition coefficient (Wildman–Crippen LogP) is -0.475. The molecule has 1 saturated carbocycles. The quantitative estimate of drug-likeness (QED) is 0.561. The molecule has 1 aliphatic carbocycles. The number of rotatable bonds is 5. The van der Waals surface area contributed by atoms with E-state index in [2.05, 4.69) is 5.32 Å². The van der Waals surface area contributed by atoms with Gasteiger partial charge in [0.25, 0.3) is 0 Å². The van der Waals surface area contributed by atoms with Crippen LogP contribution in [0.2, 0.25) is 0 Å². The van der Waals surface area contributed by atoms with Crippen LogP contribution in [-0.2, 0) is 10.0 Å². The van der Waals surface area contributed by atoms with E-state index in [1.54, 1.807) is 0 Å². The fourth-order valence-electron chi connectivity index (χ4n) is 1.90. The first kappa shape index (κ1) is 12.9. The predicted molar refractivity (Wildman–Crippen MR) is 60.8 cm³/mol. The molecule has 0 radical (unpaired) electrons. The van der Waals surface area contributed by atoms with Crippen molar-refractivity contribution in [2.75, 3.05) is 12.3 Å². The molecule has 6 heteroatoms. The second-order valence-corrected chi connectivity index (χ2v) is 6.02. The summed E-state index contributed by atoms with van der Waals surface area (Å²) in [6, 6.07) is 0.859. The smallest absolute Gasteiger partial charge is 0.209 e. The lowest BCUT2D eigenvalue weighted by Crippen LogP contribution is -2.38. The van der Waals surface area contributed by atoms with Crippen molar-refractivity contribution in [3.8, 4) is 0 Å². The Hall–Kier alpha value is -0.170. The van der Waals surface area contributed by atoms with Crippen molar-refractivity contribution in [3.05, 3.63) is 0 Å². The number of hydrogen-bond donors (Lipinski definition) is 3. The van der Waals surface area contributed by atoms with E-state index >= 15 is 0 Å². The van der Waals surface area contributed by atoms with Crippen LogP contribution in [-0.4, -0.2) is 32.8 Å². The highest BCUT2D eigenvalue weighted by Gasteiger charge is 2.17. The Bertz CT molecular complexity index is 271. The molecule has 5 N–H and O–H groups in total. The molecule has 0 saturated heterocycles. The van der Waals surface area contributed by atoms with Crippen LogP contribution in [0.3, 0.4) is 0 Å². The zero-order valence-corrected chi connectivity index (χ0v) is 9.80. The van der Waals surface area contributed by atoms with Gasteiger partial charge in [-0.25, -0.2) is 13.6 Å². The number of nitrogens with one attached hydrogen (secondary N) is 1. The summed E-state index contributed by atoms with van der Waals surface area (Å²) < 4.78 is 21.3. The van der Waals surface area contributed by atoms with Gasteiger partial charge in [0.1, 0.15) is 0 Å². The lowest BCUT2D eigenvalue weighted by molar-refractivity contribution is 0.343. The first-order valence-corrected chi connectivity index (χ1v) is 7.18. The van der Waals surface area contributed by atoms with E-state index in [1.165, 1.54) is 0 Å². The van der Waals surface area contributed by atoms with E-state index in [9.17, 15) is 8.42 Å². The molecule has 0 amide bonds. The minimum absolute atomic E-state index is 0.0617. The average molecular weight is 235 g/mol. The first-order valence-electron chi connectivity index (χ1n) is 5.47. The fraction of sp³-hybridized carbons (Fsp3) is 1.00. The van der Waals surface area contributed by atoms with Crippen molar-refractivity contribution in [1.82, 2.24) is 5.32 Å². The molecule has 0 aromatic rings. The van der Waals surface area contributed by atoms with Crippen LogP contribution in [0.15, 0.2) is 0 Å². The summed E-state index contributed by atoms with van der Waals surface area (Å²) in [5.74, 6) is 0.0617. The van der Waals surface area contributed by atoms with Crippen molar-refractivity contribution in [3.63, 3.8) is 0 Å². The summed E-state index contributed by atoms with van der Waals surface area (Å²) in [7, 11) is -3.30. The van der Waals surface area contributed by atoms with Crippen LogP contribution < -0.4 is 16.2 Å². The summed E-state index contributed by atoms with van der Waals surface area (Å²) in [5, 5.41) is 8.24. The van der Waals surface area contributed by atoms with E-state index < -0.39 is 10.0 Å². The van der Waals surface area contributed by atoms with Crippen molar-refractivity contribution in [1.29, 1.82) is 0 Å². The van der Waals surface area contributed by atoms with Gasteiger partial charge in [0, 0.05) is 12.1 Å². The summed E-state index contributed by atoms with van der Waals surface area (Å²) in [6.07, 6.45) is 4.90. The molecule has 5 nitrogen and oxygen atoms in total. The van der Waals surface area contributed by atoms with Crippen LogP contribution in [0.25, 0.3) is 0 Å². The molecule has 0 aromatic heterocycles. The standard InChI is InChI=1S/C9H21N3O2S/c10-8-2-4-9(5-3-8)12-6-1-7-15(11,13)14/h8-9,12H,1-7,10H2,(H2,11,13,14). The number of sulfonamides is 1. The first-order chi connectivity index (χ1) is 6.97. The summed E-state index contributed by atoms with van der Waals surface area (Å²) >= 11 is 0. The van der Waals surface area contributed by atoms with Gasteiger partial charge in [0.2, 0.25) is 10.0 Å². The zero-order valence-electron chi connectivity index (χ0n) is 8.98. The van der Waals surface area contributed by atoms with Gasteiger partial charge in [-0.2, -0.15) is 0 Å². The largest absolute Gasteiger partial charge is 0.328 e. The molecule has 1 aliphatic rings. The van der Waals surface area contributed by atoms with Gasteiger partial charge in [0.05, 0.1) is 5.75 Å². The Balaban J connectivity index is 2.06. The topological polar surface area (TPSA) is 98.2 Å². The second kappa shape index (κ2) is 5.79. The molecular formula is C9H21N3O2S. The second-order valence-electron chi connectivity index (χ2n) is 4.29. The lowest BCUT2D eigenvalue weighted by atomic mass is 9.92. The van der Waals surface area contributed by atoms with E-state index in [-0.39, 0.29) is 5.75 Å². The highest BCUT2D eigenvalue weighted by atomic mass is 32.2. The molecule has 0 bridgehead atoms. The molecule has 1 fully saturated rings. The summed E-state index contributed by atoms with van der Waals surface area (Å²) in [6.45, 7) is 0.719. The number of primary sulfonamides is 1. The van der Waals surface area contributed by atoms with Crippen LogP contribution in [0.5, 0.6) is 0 Å². The molecule has 0 aromatic carbocycles. The highest BCUT2D eigenvalue weighted by molar-refractivity contribution is 7.89.